The second-order valence-corrected chi connectivity index (χ2v) is 5.45. The van der Waals surface area contributed by atoms with Gasteiger partial charge < -0.3 is 10.5 Å². The highest BCUT2D eigenvalue weighted by atomic mass is 16.5. The maximum absolute atomic E-state index is 5.75. The van der Waals surface area contributed by atoms with Crippen LogP contribution in [0.25, 0.3) is 5.69 Å². The van der Waals surface area contributed by atoms with E-state index in [0.29, 0.717) is 6.54 Å². The van der Waals surface area contributed by atoms with E-state index < -0.39 is 0 Å². The fourth-order valence-corrected chi connectivity index (χ4v) is 2.12. The van der Waals surface area contributed by atoms with Crippen LogP contribution in [0.2, 0.25) is 0 Å². The molecule has 5 heteroatoms. The van der Waals surface area contributed by atoms with Crippen LogP contribution in [0.5, 0.6) is 5.75 Å². The fourth-order valence-electron chi connectivity index (χ4n) is 2.12. The van der Waals surface area contributed by atoms with Crippen LogP contribution in [0.15, 0.2) is 24.3 Å². The van der Waals surface area contributed by atoms with Gasteiger partial charge in [0.1, 0.15) is 11.4 Å². The van der Waals surface area contributed by atoms with Crippen LogP contribution in [-0.2, 0) is 12.0 Å². The first-order valence-corrected chi connectivity index (χ1v) is 6.27. The van der Waals surface area contributed by atoms with Crippen molar-refractivity contribution in [2.45, 2.75) is 32.7 Å². The molecular weight excluding hydrogens is 240 g/mol. The Hall–Kier alpha value is -1.88. The van der Waals surface area contributed by atoms with Crippen molar-refractivity contribution in [1.82, 2.24) is 15.0 Å². The summed E-state index contributed by atoms with van der Waals surface area (Å²) in [7, 11) is 1.65. The third kappa shape index (κ3) is 2.61. The number of aromatic nitrogens is 3. The first kappa shape index (κ1) is 13.5. The summed E-state index contributed by atoms with van der Waals surface area (Å²) in [6.07, 6.45) is 0. The van der Waals surface area contributed by atoms with Gasteiger partial charge in [0.15, 0.2) is 0 Å². The molecule has 0 spiro atoms. The molecule has 0 saturated carbocycles. The van der Waals surface area contributed by atoms with E-state index in [0.717, 1.165) is 22.8 Å². The molecule has 0 fully saturated rings. The zero-order valence-corrected chi connectivity index (χ0v) is 11.8. The van der Waals surface area contributed by atoms with Crippen molar-refractivity contribution in [2.24, 2.45) is 5.73 Å². The quantitative estimate of drug-likeness (QED) is 0.917. The third-order valence-corrected chi connectivity index (χ3v) is 2.94. The molecule has 1 aromatic heterocycles. The molecule has 2 aromatic rings. The summed E-state index contributed by atoms with van der Waals surface area (Å²) < 4.78 is 7.09. The summed E-state index contributed by atoms with van der Waals surface area (Å²) in [6, 6.07) is 7.75. The van der Waals surface area contributed by atoms with Crippen LogP contribution in [-0.4, -0.2) is 22.1 Å². The molecular formula is C14H20N4O. The van der Waals surface area contributed by atoms with Gasteiger partial charge in [0, 0.05) is 18.0 Å². The molecule has 0 bridgehead atoms. The Bertz CT molecular complexity index is 569. The molecule has 0 saturated heterocycles. The molecule has 0 amide bonds. The van der Waals surface area contributed by atoms with E-state index in [2.05, 4.69) is 31.1 Å². The zero-order chi connectivity index (χ0) is 14.0. The van der Waals surface area contributed by atoms with Crippen LogP contribution in [0.1, 0.15) is 32.2 Å². The second-order valence-electron chi connectivity index (χ2n) is 5.45. The molecule has 102 valence electrons. The average Bonchev–Trinajstić information content (AvgIpc) is 2.82. The van der Waals surface area contributed by atoms with Gasteiger partial charge in [-0.25, -0.2) is 4.68 Å². The first-order chi connectivity index (χ1) is 8.97. The maximum atomic E-state index is 5.75. The van der Waals surface area contributed by atoms with E-state index in [9.17, 15) is 0 Å². The normalized spacial score (nSPS) is 11.6. The number of hydrogen-bond donors (Lipinski definition) is 1. The van der Waals surface area contributed by atoms with Crippen molar-refractivity contribution in [3.8, 4) is 11.4 Å². The molecule has 0 aliphatic heterocycles. The Morgan fingerprint density at radius 3 is 2.63 bits per heavy atom. The van der Waals surface area contributed by atoms with Gasteiger partial charge in [-0.05, 0) is 12.1 Å². The topological polar surface area (TPSA) is 66.0 Å². The molecule has 0 atom stereocenters. The van der Waals surface area contributed by atoms with Gasteiger partial charge in [-0.3, -0.25) is 0 Å². The summed E-state index contributed by atoms with van der Waals surface area (Å²) in [5.74, 6) is 0.794. The lowest BCUT2D eigenvalue weighted by molar-refractivity contribution is 0.414. The average molecular weight is 260 g/mol. The molecule has 0 unspecified atom stereocenters. The zero-order valence-electron chi connectivity index (χ0n) is 11.8. The summed E-state index contributed by atoms with van der Waals surface area (Å²) in [5.41, 5.74) is 8.46. The Labute approximate surface area is 113 Å². The Balaban J connectivity index is 2.59. The molecule has 0 radical (unpaired) electrons. The SMILES string of the molecule is COc1cccc(-n2nnc(CN)c2C(C)(C)C)c1. The molecule has 5 nitrogen and oxygen atoms in total. The van der Waals surface area contributed by atoms with Crippen LogP contribution < -0.4 is 10.5 Å². The van der Waals surface area contributed by atoms with E-state index >= 15 is 0 Å². The number of rotatable bonds is 3. The van der Waals surface area contributed by atoms with Crippen molar-refractivity contribution in [3.05, 3.63) is 35.7 Å². The minimum absolute atomic E-state index is 0.0821. The van der Waals surface area contributed by atoms with Crippen molar-refractivity contribution < 1.29 is 4.74 Å². The molecule has 19 heavy (non-hydrogen) atoms. The number of benzene rings is 1. The van der Waals surface area contributed by atoms with Crippen molar-refractivity contribution in [1.29, 1.82) is 0 Å². The molecule has 2 N–H and O–H groups in total. The fraction of sp³-hybridized carbons (Fsp3) is 0.429. The highest BCUT2D eigenvalue weighted by molar-refractivity contribution is 5.41. The molecule has 0 aliphatic rings. The van der Waals surface area contributed by atoms with Gasteiger partial charge >= 0.3 is 0 Å². The second kappa shape index (κ2) is 5.01. The predicted molar refractivity (Wildman–Crippen MR) is 74.5 cm³/mol. The molecule has 0 aliphatic carbocycles. The monoisotopic (exact) mass is 260 g/mol. The number of nitrogens with two attached hydrogens (primary N) is 1. The van der Waals surface area contributed by atoms with E-state index in [1.165, 1.54) is 0 Å². The summed E-state index contributed by atoms with van der Waals surface area (Å²) >= 11 is 0. The predicted octanol–water partition coefficient (Wildman–Crippen LogP) is 2.03. The Morgan fingerprint density at radius 2 is 2.05 bits per heavy atom. The largest absolute Gasteiger partial charge is 0.497 e. The van der Waals surface area contributed by atoms with Crippen LogP contribution in [0.4, 0.5) is 0 Å². The lowest BCUT2D eigenvalue weighted by Crippen LogP contribution is -2.20. The number of ether oxygens (including phenoxy) is 1. The van der Waals surface area contributed by atoms with E-state index in [1.54, 1.807) is 7.11 Å². The van der Waals surface area contributed by atoms with Gasteiger partial charge in [0.05, 0.1) is 18.5 Å². The smallest absolute Gasteiger partial charge is 0.121 e. The van der Waals surface area contributed by atoms with Gasteiger partial charge in [-0.15, -0.1) is 5.10 Å². The Morgan fingerprint density at radius 1 is 1.32 bits per heavy atom. The van der Waals surface area contributed by atoms with Crippen molar-refractivity contribution >= 4 is 0 Å². The maximum Gasteiger partial charge on any atom is 0.121 e. The molecule has 1 aromatic carbocycles. The number of methoxy groups -OCH3 is 1. The van der Waals surface area contributed by atoms with Crippen LogP contribution >= 0.6 is 0 Å². The summed E-state index contributed by atoms with van der Waals surface area (Å²) in [6.45, 7) is 6.77. The summed E-state index contributed by atoms with van der Waals surface area (Å²) in [5, 5.41) is 8.41. The highest BCUT2D eigenvalue weighted by Crippen LogP contribution is 2.27. The van der Waals surface area contributed by atoms with Crippen LogP contribution in [0, 0.1) is 0 Å². The lowest BCUT2D eigenvalue weighted by atomic mass is 9.90. The van der Waals surface area contributed by atoms with Gasteiger partial charge in [-0.1, -0.05) is 32.1 Å². The van der Waals surface area contributed by atoms with Crippen molar-refractivity contribution in [2.75, 3.05) is 7.11 Å². The molecule has 1 heterocycles. The van der Waals surface area contributed by atoms with E-state index in [1.807, 2.05) is 28.9 Å². The van der Waals surface area contributed by atoms with E-state index in [-0.39, 0.29) is 5.41 Å². The minimum Gasteiger partial charge on any atom is -0.497 e. The highest BCUT2D eigenvalue weighted by Gasteiger charge is 2.25. The van der Waals surface area contributed by atoms with Gasteiger partial charge in [0.25, 0.3) is 0 Å². The summed E-state index contributed by atoms with van der Waals surface area (Å²) in [4.78, 5) is 0. The standard InChI is InChI=1S/C14H20N4O/c1-14(2,3)13-12(9-15)16-17-18(13)10-6-5-7-11(8-10)19-4/h5-8H,9,15H2,1-4H3. The minimum atomic E-state index is -0.0821. The van der Waals surface area contributed by atoms with Crippen molar-refractivity contribution in [3.63, 3.8) is 0 Å². The van der Waals surface area contributed by atoms with Gasteiger partial charge in [0.2, 0.25) is 0 Å². The van der Waals surface area contributed by atoms with Gasteiger partial charge in [-0.2, -0.15) is 0 Å². The first-order valence-electron chi connectivity index (χ1n) is 6.27. The number of nitrogens with zero attached hydrogens (tertiary/aromatic N) is 3. The third-order valence-electron chi connectivity index (χ3n) is 2.94. The molecule has 2 rings (SSSR count). The van der Waals surface area contributed by atoms with E-state index in [4.69, 9.17) is 10.5 Å². The Kier molecular flexibility index (Phi) is 3.57. The number of hydrogen-bond acceptors (Lipinski definition) is 4. The van der Waals surface area contributed by atoms with Crippen LogP contribution in [0.3, 0.4) is 0 Å². The lowest BCUT2D eigenvalue weighted by Gasteiger charge is -2.21.